The van der Waals surface area contributed by atoms with Gasteiger partial charge in [0.1, 0.15) is 5.03 Å². The van der Waals surface area contributed by atoms with E-state index in [2.05, 4.69) is 162 Å². The Morgan fingerprint density at radius 1 is 0.509 bits per heavy atom. The van der Waals surface area contributed by atoms with Gasteiger partial charge < -0.3 is 0 Å². The molecule has 0 N–H and O–H groups in total. The van der Waals surface area contributed by atoms with E-state index in [1.54, 1.807) is 11.8 Å². The topological polar surface area (TPSA) is 30.2 Å². The summed E-state index contributed by atoms with van der Waals surface area (Å²) in [5.74, 6) is 0. The van der Waals surface area contributed by atoms with Gasteiger partial charge in [-0.3, -0.25) is 4.40 Å². The molecule has 0 saturated carbocycles. The van der Waals surface area contributed by atoms with Crippen LogP contribution >= 0.6 is 23.1 Å². The van der Waals surface area contributed by atoms with Crippen molar-refractivity contribution in [3.63, 3.8) is 0 Å². The fourth-order valence-corrected chi connectivity index (χ4v) is 11.3. The lowest BCUT2D eigenvalue weighted by atomic mass is 9.89. The molecule has 8 aromatic carbocycles. The molecule has 0 fully saturated rings. The molecule has 5 heterocycles. The number of fused-ring (bicyclic) bond motifs is 14. The monoisotopic (exact) mass is 733 g/mol. The van der Waals surface area contributed by atoms with Crippen molar-refractivity contribution in [2.75, 3.05) is 0 Å². The lowest BCUT2D eigenvalue weighted by Crippen LogP contribution is -1.97. The second-order valence-electron chi connectivity index (χ2n) is 14.5. The molecule has 0 unspecified atom stereocenters. The third kappa shape index (κ3) is 4.17. The summed E-state index contributed by atoms with van der Waals surface area (Å²) in [5.41, 5.74) is 10.4. The van der Waals surface area contributed by atoms with Crippen molar-refractivity contribution in [2.24, 2.45) is 0 Å². The van der Waals surface area contributed by atoms with E-state index in [0.29, 0.717) is 0 Å². The van der Waals surface area contributed by atoms with E-state index in [4.69, 9.17) is 9.97 Å². The van der Waals surface area contributed by atoms with Crippen LogP contribution in [0.1, 0.15) is 0 Å². The Morgan fingerprint density at radius 2 is 1.27 bits per heavy atom. The summed E-state index contributed by atoms with van der Waals surface area (Å²) in [7, 11) is 0. The highest BCUT2D eigenvalue weighted by atomic mass is 32.2. The Balaban J connectivity index is 1.08. The zero-order valence-corrected chi connectivity index (χ0v) is 30.9. The Hall–Kier alpha value is -6.53. The van der Waals surface area contributed by atoms with Gasteiger partial charge in [0, 0.05) is 42.9 Å². The first-order chi connectivity index (χ1) is 27.2. The number of pyridine rings is 2. The predicted molar refractivity (Wildman–Crippen MR) is 234 cm³/mol. The van der Waals surface area contributed by atoms with E-state index in [1.807, 2.05) is 17.5 Å². The van der Waals surface area contributed by atoms with Gasteiger partial charge in [-0.25, -0.2) is 9.97 Å². The maximum atomic E-state index is 5.55. The van der Waals surface area contributed by atoms with Crippen LogP contribution in [0.15, 0.2) is 174 Å². The van der Waals surface area contributed by atoms with E-state index in [1.165, 1.54) is 90.4 Å². The van der Waals surface area contributed by atoms with E-state index >= 15 is 0 Å². The van der Waals surface area contributed by atoms with Gasteiger partial charge in [0.25, 0.3) is 0 Å². The molecule has 13 rings (SSSR count). The van der Waals surface area contributed by atoms with Crippen LogP contribution in [-0.4, -0.2) is 14.4 Å². The quantitative estimate of drug-likeness (QED) is 0.166. The molecule has 254 valence electrons. The van der Waals surface area contributed by atoms with Crippen molar-refractivity contribution in [3.8, 4) is 33.5 Å². The molecule has 5 heteroatoms. The predicted octanol–water partition coefficient (Wildman–Crippen LogP) is 14.3. The maximum absolute atomic E-state index is 5.55. The van der Waals surface area contributed by atoms with E-state index in [9.17, 15) is 0 Å². The second-order valence-corrected chi connectivity index (χ2v) is 16.6. The lowest BCUT2D eigenvalue weighted by molar-refractivity contribution is 1.17. The Kier molecular flexibility index (Phi) is 5.98. The van der Waals surface area contributed by atoms with Crippen molar-refractivity contribution < 1.29 is 0 Å². The summed E-state index contributed by atoms with van der Waals surface area (Å²) in [5, 5.41) is 13.5. The lowest BCUT2D eigenvalue weighted by Gasteiger charge is -2.22. The number of rotatable bonds is 2. The van der Waals surface area contributed by atoms with Crippen molar-refractivity contribution in [3.05, 3.63) is 164 Å². The minimum atomic E-state index is 1.01. The summed E-state index contributed by atoms with van der Waals surface area (Å²) in [6, 6.07) is 58.1. The van der Waals surface area contributed by atoms with Gasteiger partial charge in [-0.15, -0.1) is 11.3 Å². The highest BCUT2D eigenvalue weighted by Gasteiger charge is 2.24. The van der Waals surface area contributed by atoms with Gasteiger partial charge in [-0.2, -0.15) is 0 Å². The highest BCUT2D eigenvalue weighted by molar-refractivity contribution is 7.99. The number of nitrogens with zero attached hydrogens (tertiary/aromatic N) is 3. The van der Waals surface area contributed by atoms with Crippen LogP contribution in [0.2, 0.25) is 0 Å². The van der Waals surface area contributed by atoms with Crippen LogP contribution in [-0.2, 0) is 0 Å². The highest BCUT2D eigenvalue weighted by Crippen LogP contribution is 2.51. The first-order valence-corrected chi connectivity index (χ1v) is 20.2. The fraction of sp³-hybridized carbons (Fsp3) is 0. The summed E-state index contributed by atoms with van der Waals surface area (Å²) in [4.78, 5) is 11.6. The fourth-order valence-electron chi connectivity index (χ4n) is 9.07. The molecular formula is C50H27N3S2. The number of thiophene rings is 1. The maximum Gasteiger partial charge on any atom is 0.156 e. The number of benzene rings is 8. The SMILES string of the molecule is c1ccc2c(c1)Sc1nccc3ccc(-c4ccc(-c5cc6c7cc8ccccc8cc7sc6c6nc7c8ccc9ccccc9c8ccc7n56)cc4)c-2c13. The molecule has 12 aromatic rings. The van der Waals surface area contributed by atoms with Gasteiger partial charge in [0.2, 0.25) is 0 Å². The van der Waals surface area contributed by atoms with E-state index in [0.717, 1.165) is 33.0 Å². The zero-order chi connectivity index (χ0) is 35.8. The minimum Gasteiger partial charge on any atom is -0.291 e. The normalized spacial score (nSPS) is 12.7. The zero-order valence-electron chi connectivity index (χ0n) is 29.2. The molecule has 0 bridgehead atoms. The molecule has 0 saturated heterocycles. The van der Waals surface area contributed by atoms with Crippen molar-refractivity contribution in [1.82, 2.24) is 14.4 Å². The molecule has 3 nitrogen and oxygen atoms in total. The molecule has 55 heavy (non-hydrogen) atoms. The van der Waals surface area contributed by atoms with Crippen LogP contribution in [0, 0.1) is 0 Å². The molecule has 1 aliphatic rings. The molecule has 1 aliphatic heterocycles. The van der Waals surface area contributed by atoms with E-state index < -0.39 is 0 Å². The van der Waals surface area contributed by atoms with Crippen molar-refractivity contribution >= 4 is 103 Å². The number of hydrogen-bond acceptors (Lipinski definition) is 4. The first-order valence-electron chi connectivity index (χ1n) is 18.6. The third-order valence-electron chi connectivity index (χ3n) is 11.6. The van der Waals surface area contributed by atoms with Gasteiger partial charge in [-0.1, -0.05) is 133 Å². The van der Waals surface area contributed by atoms with Crippen LogP contribution in [0.25, 0.3) is 113 Å². The minimum absolute atomic E-state index is 1.01. The summed E-state index contributed by atoms with van der Waals surface area (Å²) >= 11 is 3.61. The average molecular weight is 734 g/mol. The summed E-state index contributed by atoms with van der Waals surface area (Å²) in [6.07, 6.45) is 1.93. The second kappa shape index (κ2) is 11.0. The number of aromatic nitrogens is 3. The van der Waals surface area contributed by atoms with E-state index in [-0.39, 0.29) is 0 Å². The summed E-state index contributed by atoms with van der Waals surface area (Å²) in [6.45, 7) is 0. The van der Waals surface area contributed by atoms with Gasteiger partial charge >= 0.3 is 0 Å². The molecule has 0 amide bonds. The third-order valence-corrected chi connectivity index (χ3v) is 13.9. The Bertz CT molecular complexity index is 3630. The molecule has 0 spiro atoms. The van der Waals surface area contributed by atoms with Crippen LogP contribution in [0.4, 0.5) is 0 Å². The Morgan fingerprint density at radius 3 is 2.18 bits per heavy atom. The number of imidazole rings is 1. The number of hydrogen-bond donors (Lipinski definition) is 0. The van der Waals surface area contributed by atoms with Crippen molar-refractivity contribution in [2.45, 2.75) is 9.92 Å². The van der Waals surface area contributed by atoms with Crippen molar-refractivity contribution in [1.29, 1.82) is 0 Å². The molecule has 0 aliphatic carbocycles. The van der Waals surface area contributed by atoms with Crippen LogP contribution < -0.4 is 0 Å². The summed E-state index contributed by atoms with van der Waals surface area (Å²) < 4.78 is 4.90. The van der Waals surface area contributed by atoms with Crippen LogP contribution in [0.5, 0.6) is 0 Å². The van der Waals surface area contributed by atoms with Gasteiger partial charge in [0.15, 0.2) is 5.65 Å². The molecule has 0 radical (unpaired) electrons. The smallest absolute Gasteiger partial charge is 0.156 e. The molecule has 4 aromatic heterocycles. The van der Waals surface area contributed by atoms with Gasteiger partial charge in [-0.05, 0) is 91.0 Å². The standard InChI is InChI=1S/C50H27N3S2/c1-2-9-33-26-44-39(25-32(33)8-1)40-27-42(53-41-22-21-36-34-10-4-3-7-28(34)17-20-37(36)47(41)52-49(53)48(40)54-44)30-15-13-29(14-16-30)35-19-18-31-23-24-51-50-45(31)46(35)38-11-5-6-12-43(38)55-50/h1-27H. The average Bonchev–Trinajstić information content (AvgIpc) is 3.81. The molecule has 0 atom stereocenters. The van der Waals surface area contributed by atoms with Gasteiger partial charge in [0.05, 0.1) is 21.4 Å². The first kappa shape index (κ1) is 29.9. The molecular weight excluding hydrogens is 707 g/mol. The Labute approximate surface area is 323 Å². The van der Waals surface area contributed by atoms with Crippen LogP contribution in [0.3, 0.4) is 0 Å². The largest absolute Gasteiger partial charge is 0.291 e.